The predicted molar refractivity (Wildman–Crippen MR) is 49.0 cm³/mol. The fraction of sp³-hybridized carbons (Fsp3) is 0.125. The molecule has 11 heavy (non-hydrogen) atoms. The van der Waals surface area contributed by atoms with Crippen molar-refractivity contribution in [1.82, 2.24) is 0 Å². The molecule has 0 aliphatic heterocycles. The van der Waals surface area contributed by atoms with Gasteiger partial charge in [0.2, 0.25) is 0 Å². The second-order valence-electron chi connectivity index (χ2n) is 1.95. The smallest absolute Gasteiger partial charge is 0.188 e. The average molecular weight is 170 g/mol. The normalized spacial score (nSPS) is 8.45. The van der Waals surface area contributed by atoms with Crippen LogP contribution in [0.4, 0.5) is 0 Å². The summed E-state index contributed by atoms with van der Waals surface area (Å²) >= 11 is 0. The number of aliphatic hydroxyl groups is 1. The first-order valence-corrected chi connectivity index (χ1v) is 3.03. The molecule has 1 atom stereocenters. The number of ketones is 1. The number of carbonyl (C=O) groups excluding carboxylic acids is 1. The van der Waals surface area contributed by atoms with Gasteiger partial charge in [0.15, 0.2) is 5.78 Å². The van der Waals surface area contributed by atoms with E-state index in [0.717, 1.165) is 0 Å². The minimum absolute atomic E-state index is 0. The monoisotopic (exact) mass is 170 g/mol. The maximum atomic E-state index is 10.8. The molecular formula is C8H11O2P. The van der Waals surface area contributed by atoms with Gasteiger partial charge in [-0.2, -0.15) is 9.90 Å². The van der Waals surface area contributed by atoms with E-state index in [1.54, 1.807) is 24.3 Å². The molecule has 0 bridgehead atoms. The second kappa shape index (κ2) is 5.00. The lowest BCUT2D eigenvalue weighted by molar-refractivity contribution is 0.0904. The molecule has 1 aromatic rings. The number of aliphatic hydroxyl groups excluding tert-OH is 1. The van der Waals surface area contributed by atoms with Gasteiger partial charge in [-0.25, -0.2) is 0 Å². The maximum absolute atomic E-state index is 10.8. The molecule has 1 N–H and O–H groups in total. The van der Waals surface area contributed by atoms with E-state index in [9.17, 15) is 4.79 Å². The van der Waals surface area contributed by atoms with Gasteiger partial charge in [0, 0.05) is 5.56 Å². The van der Waals surface area contributed by atoms with Crippen LogP contribution in [-0.4, -0.2) is 17.5 Å². The highest BCUT2D eigenvalue weighted by molar-refractivity contribution is 6.92. The molecule has 0 saturated carbocycles. The zero-order valence-electron chi connectivity index (χ0n) is 6.16. The Labute approximate surface area is 68.9 Å². The molecule has 0 radical (unpaired) electrons. The first kappa shape index (κ1) is 10.3. The molecule has 1 rings (SSSR count). The summed E-state index contributed by atoms with van der Waals surface area (Å²) in [6.45, 7) is -0.413. The third kappa shape index (κ3) is 2.79. The summed E-state index contributed by atoms with van der Waals surface area (Å²) in [5.74, 6) is -0.236. The first-order valence-electron chi connectivity index (χ1n) is 3.03. The molecule has 0 amide bonds. The van der Waals surface area contributed by atoms with Crippen molar-refractivity contribution >= 4 is 15.7 Å². The van der Waals surface area contributed by atoms with Crippen LogP contribution >= 0.6 is 9.90 Å². The maximum Gasteiger partial charge on any atom is 0.188 e. The number of Topliss-reactive ketones (excluding diaryl/α,β-unsaturated/α-hetero) is 1. The molecule has 0 aromatic heterocycles. The zero-order chi connectivity index (χ0) is 7.40. The third-order valence-corrected chi connectivity index (χ3v) is 1.24. The Hall–Kier alpha value is -0.720. The molecular weight excluding hydrogens is 159 g/mol. The standard InChI is InChI=1S/C8H8O2.H3P/c9-6-8(10)7-4-2-1-3-5-7;/h1-5,9H,6H2;1H3. The number of rotatable bonds is 2. The Morgan fingerprint density at radius 1 is 1.27 bits per heavy atom. The molecule has 1 aromatic carbocycles. The minimum atomic E-state index is -0.413. The molecule has 0 aliphatic rings. The van der Waals surface area contributed by atoms with Crippen LogP contribution in [0.15, 0.2) is 30.3 Å². The van der Waals surface area contributed by atoms with Gasteiger partial charge in [-0.05, 0) is 0 Å². The largest absolute Gasteiger partial charge is 0.388 e. The van der Waals surface area contributed by atoms with Crippen LogP contribution in [0.5, 0.6) is 0 Å². The molecule has 2 nitrogen and oxygen atoms in total. The summed E-state index contributed by atoms with van der Waals surface area (Å²) in [5, 5.41) is 8.44. The van der Waals surface area contributed by atoms with Crippen molar-refractivity contribution in [1.29, 1.82) is 0 Å². The Kier molecular flexibility index (Phi) is 4.67. The lowest BCUT2D eigenvalue weighted by Gasteiger charge is -1.93. The molecule has 0 aliphatic carbocycles. The Morgan fingerprint density at radius 3 is 2.27 bits per heavy atom. The Balaban J connectivity index is 0.000001000. The highest BCUT2D eigenvalue weighted by Gasteiger charge is 1.99. The predicted octanol–water partition coefficient (Wildman–Crippen LogP) is 0.920. The van der Waals surface area contributed by atoms with Gasteiger partial charge in [-0.15, -0.1) is 0 Å². The van der Waals surface area contributed by atoms with E-state index in [2.05, 4.69) is 0 Å². The van der Waals surface area contributed by atoms with E-state index in [1.165, 1.54) is 0 Å². The lowest BCUT2D eigenvalue weighted by Crippen LogP contribution is -2.02. The van der Waals surface area contributed by atoms with Gasteiger partial charge < -0.3 is 5.11 Å². The summed E-state index contributed by atoms with van der Waals surface area (Å²) in [5.41, 5.74) is 0.560. The summed E-state index contributed by atoms with van der Waals surface area (Å²) in [6, 6.07) is 8.72. The van der Waals surface area contributed by atoms with E-state index in [1.807, 2.05) is 6.07 Å². The summed E-state index contributed by atoms with van der Waals surface area (Å²) in [7, 11) is 0. The molecule has 1 unspecified atom stereocenters. The number of hydrogen-bond acceptors (Lipinski definition) is 2. The van der Waals surface area contributed by atoms with Gasteiger partial charge in [0.25, 0.3) is 0 Å². The quantitative estimate of drug-likeness (QED) is 0.529. The van der Waals surface area contributed by atoms with Gasteiger partial charge in [0.1, 0.15) is 6.61 Å². The van der Waals surface area contributed by atoms with E-state index in [4.69, 9.17) is 5.11 Å². The molecule has 60 valence electrons. The molecule has 0 fully saturated rings. The summed E-state index contributed by atoms with van der Waals surface area (Å²) in [4.78, 5) is 10.8. The second-order valence-corrected chi connectivity index (χ2v) is 1.95. The van der Waals surface area contributed by atoms with Crippen LogP contribution in [0.3, 0.4) is 0 Å². The van der Waals surface area contributed by atoms with E-state index < -0.39 is 6.61 Å². The van der Waals surface area contributed by atoms with Crippen LogP contribution in [0, 0.1) is 0 Å². The van der Waals surface area contributed by atoms with Crippen molar-refractivity contribution in [3.05, 3.63) is 35.9 Å². The Morgan fingerprint density at radius 2 is 1.82 bits per heavy atom. The third-order valence-electron chi connectivity index (χ3n) is 1.24. The zero-order valence-corrected chi connectivity index (χ0v) is 7.57. The SMILES string of the molecule is O=C(CO)c1ccccc1.P. The van der Waals surface area contributed by atoms with Crippen LogP contribution in [0.2, 0.25) is 0 Å². The average Bonchev–Trinajstić information content (AvgIpc) is 2.05. The van der Waals surface area contributed by atoms with Crippen molar-refractivity contribution in [3.63, 3.8) is 0 Å². The van der Waals surface area contributed by atoms with Crippen molar-refractivity contribution < 1.29 is 9.90 Å². The molecule has 0 heterocycles. The number of hydrogen-bond donors (Lipinski definition) is 1. The summed E-state index contributed by atoms with van der Waals surface area (Å²) < 4.78 is 0. The van der Waals surface area contributed by atoms with Gasteiger partial charge in [-0.1, -0.05) is 30.3 Å². The number of carbonyl (C=O) groups is 1. The van der Waals surface area contributed by atoms with Gasteiger partial charge in [-0.3, -0.25) is 4.79 Å². The van der Waals surface area contributed by atoms with Crippen molar-refractivity contribution in [2.24, 2.45) is 0 Å². The number of benzene rings is 1. The van der Waals surface area contributed by atoms with Crippen LogP contribution < -0.4 is 0 Å². The van der Waals surface area contributed by atoms with Crippen LogP contribution in [0.1, 0.15) is 10.4 Å². The van der Waals surface area contributed by atoms with E-state index in [-0.39, 0.29) is 15.7 Å². The fourth-order valence-corrected chi connectivity index (χ4v) is 0.715. The molecule has 0 saturated heterocycles. The van der Waals surface area contributed by atoms with Crippen LogP contribution in [0.25, 0.3) is 0 Å². The Bertz CT molecular complexity index is 221. The highest BCUT2D eigenvalue weighted by atomic mass is 31.0. The minimum Gasteiger partial charge on any atom is -0.388 e. The van der Waals surface area contributed by atoms with Crippen molar-refractivity contribution in [2.45, 2.75) is 0 Å². The molecule has 0 spiro atoms. The van der Waals surface area contributed by atoms with E-state index >= 15 is 0 Å². The van der Waals surface area contributed by atoms with Gasteiger partial charge >= 0.3 is 0 Å². The van der Waals surface area contributed by atoms with Crippen LogP contribution in [-0.2, 0) is 0 Å². The molecule has 3 heteroatoms. The topological polar surface area (TPSA) is 37.3 Å². The van der Waals surface area contributed by atoms with Crippen molar-refractivity contribution in [3.8, 4) is 0 Å². The highest BCUT2D eigenvalue weighted by Crippen LogP contribution is 1.97. The van der Waals surface area contributed by atoms with Crippen molar-refractivity contribution in [2.75, 3.05) is 6.61 Å². The van der Waals surface area contributed by atoms with E-state index in [0.29, 0.717) is 5.56 Å². The van der Waals surface area contributed by atoms with Gasteiger partial charge in [0.05, 0.1) is 0 Å². The summed E-state index contributed by atoms with van der Waals surface area (Å²) in [6.07, 6.45) is 0. The first-order chi connectivity index (χ1) is 4.84. The lowest BCUT2D eigenvalue weighted by atomic mass is 10.1. The fourth-order valence-electron chi connectivity index (χ4n) is 0.715.